The van der Waals surface area contributed by atoms with Crippen LogP contribution in [-0.4, -0.2) is 86.7 Å². The van der Waals surface area contributed by atoms with Crippen LogP contribution in [0.5, 0.6) is 23.0 Å². The smallest absolute Gasteiger partial charge is 0.312 e. The lowest BCUT2D eigenvalue weighted by atomic mass is 9.78. The number of esters is 1. The number of carbonyl (C=O) groups is 3. The molecular formula is C38H49N3O12. The van der Waals surface area contributed by atoms with Crippen molar-refractivity contribution in [2.45, 2.75) is 85.6 Å². The molecule has 0 aliphatic carbocycles. The fraction of sp³-hybridized carbons (Fsp3) is 0.474. The van der Waals surface area contributed by atoms with E-state index in [-0.39, 0.29) is 44.5 Å². The summed E-state index contributed by atoms with van der Waals surface area (Å²) in [5.74, 6) is -3.22. The molecule has 0 radical (unpaired) electrons. The molecule has 3 aliphatic heterocycles. The van der Waals surface area contributed by atoms with Crippen LogP contribution in [0.15, 0.2) is 41.2 Å². The number of carbonyl (C=O) groups excluding carboxylic acids is 3. The zero-order valence-corrected chi connectivity index (χ0v) is 31.2. The Kier molecular flexibility index (Phi) is 12.2. The van der Waals surface area contributed by atoms with Crippen molar-refractivity contribution in [1.29, 1.82) is 0 Å². The number of aromatic hydroxyl groups is 3. The number of nitrogens with one attached hydrogen (secondary N) is 1. The summed E-state index contributed by atoms with van der Waals surface area (Å²) in [7, 11) is 1.42. The van der Waals surface area contributed by atoms with Gasteiger partial charge in [-0.1, -0.05) is 45.9 Å². The van der Waals surface area contributed by atoms with Gasteiger partial charge in [0, 0.05) is 61.2 Å². The Balaban J connectivity index is 1.95. The molecule has 0 aromatic heterocycles. The summed E-state index contributed by atoms with van der Waals surface area (Å²) in [6.45, 7) is 12.3. The largest absolute Gasteiger partial charge is 0.507 e. The van der Waals surface area contributed by atoms with Crippen LogP contribution < -0.4 is 15.9 Å². The molecule has 1 amide bonds. The summed E-state index contributed by atoms with van der Waals surface area (Å²) in [5.41, 5.74) is -0.677. The maximum atomic E-state index is 14.1. The van der Waals surface area contributed by atoms with E-state index in [4.69, 9.17) is 24.8 Å². The number of hydrazone groups is 1. The predicted octanol–water partition coefficient (Wildman–Crippen LogP) is 4.05. The third kappa shape index (κ3) is 7.54. The van der Waals surface area contributed by atoms with Gasteiger partial charge in [0.2, 0.25) is 0 Å². The van der Waals surface area contributed by atoms with Gasteiger partial charge in [-0.05, 0) is 19.9 Å². The number of aliphatic hydroxyl groups is 2. The van der Waals surface area contributed by atoms with E-state index in [0.29, 0.717) is 0 Å². The highest BCUT2D eigenvalue weighted by molar-refractivity contribution is 6.23. The lowest BCUT2D eigenvalue weighted by Gasteiger charge is -2.38. The molecule has 9 unspecified atom stereocenters. The Labute approximate surface area is 307 Å². The van der Waals surface area contributed by atoms with Gasteiger partial charge in [-0.2, -0.15) is 5.10 Å². The molecule has 2 aromatic rings. The second-order valence-electron chi connectivity index (χ2n) is 13.9. The summed E-state index contributed by atoms with van der Waals surface area (Å²) >= 11 is 0. The molecule has 0 saturated heterocycles. The van der Waals surface area contributed by atoms with Crippen molar-refractivity contribution in [2.24, 2.45) is 34.6 Å². The number of nitrogens with zero attached hydrogens (tertiary/aromatic N) is 1. The zero-order chi connectivity index (χ0) is 39.7. The molecule has 3 aliphatic rings. The molecular weight excluding hydrogens is 690 g/mol. The molecule has 5 rings (SSSR count). The highest BCUT2D eigenvalue weighted by atomic mass is 16.7. The number of amides is 1. The standard InChI is InChI=1S/C38H49N3O12/c1-16-11-10-12-17(2)37(49)41-28-23(15-40-39)32(46)25-26(33(28)47)31(45)21(6)35-27(25)36(48)38(8,53-35)51-14-13-24(50-9)18(3)34(52-22(7)42)20(5)30(44)19(4)29(16)43/h10-16,18-20,24,29-30,34,43-47H,39H2,1-9H3,(H,41,49)/b11-10+,14-13+,17-12+,40-15+. The van der Waals surface area contributed by atoms with Gasteiger partial charge in [0.05, 0.1) is 53.0 Å². The number of anilines is 1. The van der Waals surface area contributed by atoms with E-state index in [0.717, 1.165) is 6.21 Å². The maximum Gasteiger partial charge on any atom is 0.312 e. The first-order valence-electron chi connectivity index (χ1n) is 17.1. The Hall–Kier alpha value is -5.12. The number of rotatable bonds is 3. The number of nitrogens with two attached hydrogens (primary N) is 1. The van der Waals surface area contributed by atoms with Gasteiger partial charge in [0.15, 0.2) is 5.75 Å². The van der Waals surface area contributed by atoms with Gasteiger partial charge in [-0.3, -0.25) is 14.4 Å². The van der Waals surface area contributed by atoms with Crippen molar-refractivity contribution >= 4 is 40.3 Å². The SMILES string of the molecule is COC1/C=C/OC2(C)Oc3c(C)c(O)c4c(O)c(c(/C=N/N)c(O)c4c3C2=O)NC(=O)/C(C)=C/C=C/C(C)C(O)C(C)C(O)C(C)C(OC(C)=O)C1C. The number of aliphatic hydroxyl groups excluding tert-OH is 2. The van der Waals surface area contributed by atoms with E-state index in [1.807, 2.05) is 0 Å². The Bertz CT molecular complexity index is 1900. The normalized spacial score (nSPS) is 32.2. The number of methoxy groups -OCH3 is 1. The van der Waals surface area contributed by atoms with Gasteiger partial charge >= 0.3 is 11.8 Å². The number of ketones is 1. The molecule has 9 atom stereocenters. The monoisotopic (exact) mass is 739 g/mol. The quantitative estimate of drug-likeness (QED) is 0.0588. The first-order valence-corrected chi connectivity index (χ1v) is 17.1. The predicted molar refractivity (Wildman–Crippen MR) is 196 cm³/mol. The van der Waals surface area contributed by atoms with Crippen molar-refractivity contribution in [2.75, 3.05) is 12.4 Å². The van der Waals surface area contributed by atoms with Gasteiger partial charge in [-0.25, -0.2) is 0 Å². The van der Waals surface area contributed by atoms with Crippen molar-refractivity contribution < 1.29 is 58.9 Å². The molecule has 53 heavy (non-hydrogen) atoms. The van der Waals surface area contributed by atoms with Crippen LogP contribution in [0.2, 0.25) is 0 Å². The van der Waals surface area contributed by atoms with Gasteiger partial charge in [0.25, 0.3) is 11.7 Å². The highest BCUT2D eigenvalue weighted by Crippen LogP contribution is 2.55. The lowest BCUT2D eigenvalue weighted by molar-refractivity contribution is -0.160. The second kappa shape index (κ2) is 15.9. The van der Waals surface area contributed by atoms with Gasteiger partial charge in [-0.15, -0.1) is 0 Å². The van der Waals surface area contributed by atoms with E-state index in [1.165, 1.54) is 53.2 Å². The minimum Gasteiger partial charge on any atom is -0.507 e. The fourth-order valence-corrected chi connectivity index (χ4v) is 6.95. The number of benzene rings is 2. The second-order valence-corrected chi connectivity index (χ2v) is 13.9. The van der Waals surface area contributed by atoms with Crippen molar-refractivity contribution in [3.05, 3.63) is 52.8 Å². The number of hydrogen-bond acceptors (Lipinski definition) is 14. The number of ether oxygens (including phenoxy) is 4. The van der Waals surface area contributed by atoms with Crippen LogP contribution in [0, 0.1) is 30.6 Å². The van der Waals surface area contributed by atoms with Crippen LogP contribution in [0.25, 0.3) is 10.8 Å². The van der Waals surface area contributed by atoms with E-state index < -0.39 is 88.8 Å². The fourth-order valence-electron chi connectivity index (χ4n) is 6.95. The van der Waals surface area contributed by atoms with Crippen molar-refractivity contribution in [3.8, 4) is 23.0 Å². The third-order valence-corrected chi connectivity index (χ3v) is 10.2. The molecule has 3 heterocycles. The van der Waals surface area contributed by atoms with Crippen LogP contribution in [0.1, 0.15) is 70.0 Å². The molecule has 288 valence electrons. The topological polar surface area (TPSA) is 240 Å². The molecule has 15 heteroatoms. The number of Topliss-reactive ketones (excluding diaryl/α,β-unsaturated/α-hetero) is 1. The minimum atomic E-state index is -2.05. The van der Waals surface area contributed by atoms with Crippen LogP contribution >= 0.6 is 0 Å². The average Bonchev–Trinajstić information content (AvgIpc) is 3.38. The van der Waals surface area contributed by atoms with Gasteiger partial charge < -0.3 is 55.6 Å². The maximum absolute atomic E-state index is 14.1. The number of phenolic OH excluding ortho intramolecular Hbond substituents is 3. The lowest BCUT2D eigenvalue weighted by Crippen LogP contribution is -2.46. The number of phenols is 3. The number of hydrogen-bond donors (Lipinski definition) is 7. The van der Waals surface area contributed by atoms with Crippen molar-refractivity contribution in [3.63, 3.8) is 0 Å². The van der Waals surface area contributed by atoms with E-state index >= 15 is 0 Å². The molecule has 0 fully saturated rings. The average molecular weight is 740 g/mol. The molecule has 15 nitrogen and oxygen atoms in total. The first-order chi connectivity index (χ1) is 24.8. The Morgan fingerprint density at radius 2 is 1.64 bits per heavy atom. The van der Waals surface area contributed by atoms with Crippen LogP contribution in [0.3, 0.4) is 0 Å². The number of allylic oxidation sites excluding steroid dienone is 2. The molecule has 2 aromatic carbocycles. The Morgan fingerprint density at radius 1 is 0.981 bits per heavy atom. The summed E-state index contributed by atoms with van der Waals surface area (Å²) in [5, 5.41) is 62.5. The summed E-state index contributed by atoms with van der Waals surface area (Å²) in [6, 6.07) is 0. The first kappa shape index (κ1) is 40.6. The molecule has 0 spiro atoms. The Morgan fingerprint density at radius 3 is 2.25 bits per heavy atom. The summed E-state index contributed by atoms with van der Waals surface area (Å²) in [4.78, 5) is 39.8. The molecule has 8 N–H and O–H groups in total. The minimum absolute atomic E-state index is 0.0294. The van der Waals surface area contributed by atoms with E-state index in [9.17, 15) is 39.9 Å². The third-order valence-electron chi connectivity index (χ3n) is 10.2. The van der Waals surface area contributed by atoms with Crippen molar-refractivity contribution in [1.82, 2.24) is 0 Å². The van der Waals surface area contributed by atoms with Gasteiger partial charge in [0.1, 0.15) is 23.4 Å². The highest BCUT2D eigenvalue weighted by Gasteiger charge is 2.50. The van der Waals surface area contributed by atoms with E-state index in [2.05, 4.69) is 10.4 Å². The van der Waals surface area contributed by atoms with E-state index in [1.54, 1.807) is 39.8 Å². The van der Waals surface area contributed by atoms with Crippen LogP contribution in [0.4, 0.5) is 5.69 Å². The summed E-state index contributed by atoms with van der Waals surface area (Å²) in [6.07, 6.45) is 4.36. The zero-order valence-electron chi connectivity index (χ0n) is 31.2. The number of fused-ring (bicyclic) bond motifs is 14. The molecule has 5 bridgehead atoms. The summed E-state index contributed by atoms with van der Waals surface area (Å²) < 4.78 is 23.3. The van der Waals surface area contributed by atoms with Crippen LogP contribution in [-0.2, 0) is 23.8 Å². The molecule has 0 saturated carbocycles.